The van der Waals surface area contributed by atoms with Gasteiger partial charge in [0.15, 0.2) is 0 Å². The highest BCUT2D eigenvalue weighted by atomic mass is 16.5. The molecule has 0 aromatic carbocycles. The third-order valence-electron chi connectivity index (χ3n) is 12.7. The van der Waals surface area contributed by atoms with E-state index in [1.54, 1.807) is 0 Å². The Morgan fingerprint density at radius 3 is 1.29 bits per heavy atom. The molecular weight excluding hydrogens is 779 g/mol. The summed E-state index contributed by atoms with van der Waals surface area (Å²) in [6.45, 7) is 6.46. The molecule has 6 heteroatoms. The molecule has 0 heterocycles. The molecule has 0 fully saturated rings. The van der Waals surface area contributed by atoms with Gasteiger partial charge in [0.2, 0.25) is 5.91 Å². The summed E-state index contributed by atoms with van der Waals surface area (Å²) in [5.74, 6) is -0.506. The van der Waals surface area contributed by atoms with Crippen molar-refractivity contribution in [2.24, 2.45) is 0 Å². The van der Waals surface area contributed by atoms with Gasteiger partial charge in [0.25, 0.3) is 0 Å². The maximum atomic E-state index is 13.2. The van der Waals surface area contributed by atoms with Crippen LogP contribution >= 0.6 is 0 Å². The number of aliphatic hydroxyl groups excluding tert-OH is 2. The minimum Gasteiger partial charge on any atom is -0.462 e. The molecule has 0 saturated heterocycles. The van der Waals surface area contributed by atoms with E-state index in [2.05, 4.69) is 62.5 Å². The lowest BCUT2D eigenvalue weighted by Crippen LogP contribution is -2.46. The van der Waals surface area contributed by atoms with Crippen molar-refractivity contribution in [3.05, 3.63) is 36.5 Å². The quantitative estimate of drug-likeness (QED) is 0.0245. The molecule has 0 aliphatic carbocycles. The van der Waals surface area contributed by atoms with Crippen molar-refractivity contribution in [2.75, 3.05) is 6.61 Å². The maximum absolute atomic E-state index is 13.2. The molecule has 1 amide bonds. The van der Waals surface area contributed by atoms with Crippen molar-refractivity contribution in [1.29, 1.82) is 0 Å². The van der Waals surface area contributed by atoms with Gasteiger partial charge < -0.3 is 20.3 Å². The van der Waals surface area contributed by atoms with E-state index in [1.807, 2.05) is 0 Å². The molecule has 0 bridgehead atoms. The zero-order valence-electron chi connectivity index (χ0n) is 42.2. The van der Waals surface area contributed by atoms with Crippen LogP contribution in [0.5, 0.6) is 0 Å². The first kappa shape index (κ1) is 61.1. The number of hydrogen-bond acceptors (Lipinski definition) is 5. The molecule has 0 spiro atoms. The molecule has 0 aliphatic heterocycles. The highest BCUT2D eigenvalue weighted by molar-refractivity contribution is 5.77. The normalized spacial score (nSPS) is 13.4. The van der Waals surface area contributed by atoms with Crippen molar-refractivity contribution >= 4 is 11.9 Å². The van der Waals surface area contributed by atoms with E-state index in [1.165, 1.54) is 180 Å². The van der Waals surface area contributed by atoms with Crippen LogP contribution in [0.15, 0.2) is 36.5 Å². The first-order valence-electron chi connectivity index (χ1n) is 27.7. The van der Waals surface area contributed by atoms with E-state index in [0.717, 1.165) is 64.2 Å². The summed E-state index contributed by atoms with van der Waals surface area (Å²) in [5.41, 5.74) is 0. The monoisotopic (exact) mass is 886 g/mol. The zero-order chi connectivity index (χ0) is 45.9. The van der Waals surface area contributed by atoms with E-state index in [-0.39, 0.29) is 24.9 Å². The van der Waals surface area contributed by atoms with Crippen LogP contribution in [0.3, 0.4) is 0 Å². The SMILES string of the molecule is CCCCC/C=C/C=C/CCCCCCCCC(=O)OC(CCC/C=C\CCCCCCCCC)CC(=O)NC(CO)C(O)CCCCCCCCCCCCCCCCCCC. The van der Waals surface area contributed by atoms with Gasteiger partial charge in [-0.3, -0.25) is 9.59 Å². The molecule has 0 aromatic rings. The summed E-state index contributed by atoms with van der Waals surface area (Å²) in [6, 6.07) is -0.710. The Morgan fingerprint density at radius 1 is 0.460 bits per heavy atom. The highest BCUT2D eigenvalue weighted by Gasteiger charge is 2.24. The number of carbonyl (C=O) groups is 2. The summed E-state index contributed by atoms with van der Waals surface area (Å²) in [6.07, 6.45) is 60.7. The van der Waals surface area contributed by atoms with Gasteiger partial charge in [-0.15, -0.1) is 0 Å². The Labute approximate surface area is 392 Å². The molecule has 0 aliphatic rings. The van der Waals surface area contributed by atoms with E-state index in [4.69, 9.17) is 4.74 Å². The topological polar surface area (TPSA) is 95.9 Å². The van der Waals surface area contributed by atoms with Crippen LogP contribution in [-0.2, 0) is 14.3 Å². The predicted molar refractivity (Wildman–Crippen MR) is 273 cm³/mol. The minimum atomic E-state index is -0.795. The van der Waals surface area contributed by atoms with Gasteiger partial charge in [-0.1, -0.05) is 243 Å². The van der Waals surface area contributed by atoms with Crippen molar-refractivity contribution < 1.29 is 24.5 Å². The Morgan fingerprint density at radius 2 is 0.825 bits per heavy atom. The third kappa shape index (κ3) is 46.4. The highest BCUT2D eigenvalue weighted by Crippen LogP contribution is 2.18. The largest absolute Gasteiger partial charge is 0.462 e. The summed E-state index contributed by atoms with van der Waals surface area (Å²) in [4.78, 5) is 26.2. The van der Waals surface area contributed by atoms with E-state index < -0.39 is 18.2 Å². The lowest BCUT2D eigenvalue weighted by atomic mass is 10.0. The number of carbonyl (C=O) groups excluding carboxylic acids is 2. The van der Waals surface area contributed by atoms with E-state index in [0.29, 0.717) is 19.3 Å². The van der Waals surface area contributed by atoms with Gasteiger partial charge >= 0.3 is 5.97 Å². The molecular formula is C57H107NO5. The number of rotatable bonds is 50. The van der Waals surface area contributed by atoms with Crippen molar-refractivity contribution in [2.45, 2.75) is 309 Å². The number of ether oxygens (including phenoxy) is 1. The van der Waals surface area contributed by atoms with Gasteiger partial charge in [0.1, 0.15) is 6.10 Å². The molecule has 0 rings (SSSR count). The first-order valence-corrected chi connectivity index (χ1v) is 27.7. The fourth-order valence-electron chi connectivity index (χ4n) is 8.48. The molecule has 0 aromatic heterocycles. The number of unbranched alkanes of at least 4 members (excludes halogenated alkanes) is 33. The van der Waals surface area contributed by atoms with Crippen LogP contribution in [0.2, 0.25) is 0 Å². The van der Waals surface area contributed by atoms with Crippen molar-refractivity contribution in [3.63, 3.8) is 0 Å². The van der Waals surface area contributed by atoms with Gasteiger partial charge in [0, 0.05) is 6.42 Å². The molecule has 370 valence electrons. The number of nitrogens with one attached hydrogen (secondary N) is 1. The van der Waals surface area contributed by atoms with Crippen LogP contribution in [0, 0.1) is 0 Å². The standard InChI is InChI=1S/C57H107NO5/c1-4-7-10-13-16-19-22-25-27-28-30-31-34-37-40-43-46-49-55(60)54(52-59)58-56(61)51-53(48-45-42-39-36-33-24-21-18-15-12-9-6-3)63-57(62)50-47-44-41-38-35-32-29-26-23-20-17-14-11-8-5-2/h17,20,23,26,36,39,53-55,59-60H,4-16,18-19,21-22,24-25,27-35,37-38,40-52H2,1-3H3,(H,58,61)/b20-17+,26-23+,39-36-. The Balaban J connectivity index is 4.52. The van der Waals surface area contributed by atoms with Crippen LogP contribution in [-0.4, -0.2) is 46.9 Å². The lowest BCUT2D eigenvalue weighted by Gasteiger charge is -2.24. The van der Waals surface area contributed by atoms with Crippen molar-refractivity contribution in [3.8, 4) is 0 Å². The van der Waals surface area contributed by atoms with Gasteiger partial charge in [-0.2, -0.15) is 0 Å². The third-order valence-corrected chi connectivity index (χ3v) is 12.7. The molecule has 3 unspecified atom stereocenters. The molecule has 3 atom stereocenters. The Hall–Kier alpha value is -1.92. The second-order valence-corrected chi connectivity index (χ2v) is 19.0. The van der Waals surface area contributed by atoms with Crippen molar-refractivity contribution in [1.82, 2.24) is 5.32 Å². The summed E-state index contributed by atoms with van der Waals surface area (Å²) >= 11 is 0. The fraction of sp³-hybridized carbons (Fsp3) is 0.860. The van der Waals surface area contributed by atoms with Crippen LogP contribution in [0.4, 0.5) is 0 Å². The van der Waals surface area contributed by atoms with Gasteiger partial charge in [-0.25, -0.2) is 0 Å². The maximum Gasteiger partial charge on any atom is 0.306 e. The van der Waals surface area contributed by atoms with Crippen LogP contribution in [0.1, 0.15) is 290 Å². The molecule has 63 heavy (non-hydrogen) atoms. The van der Waals surface area contributed by atoms with Crippen LogP contribution < -0.4 is 5.32 Å². The Bertz CT molecular complexity index is 1040. The molecule has 0 radical (unpaired) electrons. The second kappa shape index (κ2) is 51.1. The van der Waals surface area contributed by atoms with Gasteiger partial charge in [0.05, 0.1) is 25.2 Å². The first-order chi connectivity index (χ1) is 31.0. The molecule has 0 saturated carbocycles. The molecule has 3 N–H and O–H groups in total. The summed E-state index contributed by atoms with van der Waals surface area (Å²) in [7, 11) is 0. The number of allylic oxidation sites excluding steroid dienone is 6. The predicted octanol–water partition coefficient (Wildman–Crippen LogP) is 16.8. The smallest absolute Gasteiger partial charge is 0.306 e. The Kier molecular flexibility index (Phi) is 49.5. The molecule has 6 nitrogen and oxygen atoms in total. The zero-order valence-corrected chi connectivity index (χ0v) is 42.2. The summed E-state index contributed by atoms with van der Waals surface area (Å²) < 4.78 is 5.92. The fourth-order valence-corrected chi connectivity index (χ4v) is 8.48. The van der Waals surface area contributed by atoms with E-state index in [9.17, 15) is 19.8 Å². The number of esters is 1. The second-order valence-electron chi connectivity index (χ2n) is 19.0. The minimum absolute atomic E-state index is 0.0545. The number of aliphatic hydroxyl groups is 2. The summed E-state index contributed by atoms with van der Waals surface area (Å²) in [5, 5.41) is 23.8. The lowest BCUT2D eigenvalue weighted by molar-refractivity contribution is -0.151. The number of amides is 1. The average molecular weight is 886 g/mol. The van der Waals surface area contributed by atoms with Gasteiger partial charge in [-0.05, 0) is 70.6 Å². The number of hydrogen-bond donors (Lipinski definition) is 3. The average Bonchev–Trinajstić information content (AvgIpc) is 3.28. The van der Waals surface area contributed by atoms with Crippen LogP contribution in [0.25, 0.3) is 0 Å². The van der Waals surface area contributed by atoms with E-state index >= 15 is 0 Å².